The Bertz CT molecular complexity index is 288. The van der Waals surface area contributed by atoms with Gasteiger partial charge in [-0.15, -0.1) is 0 Å². The molecule has 2 unspecified atom stereocenters. The lowest BCUT2D eigenvalue weighted by Crippen LogP contribution is -2.47. The van der Waals surface area contributed by atoms with Crippen LogP contribution in [-0.2, 0) is 15.6 Å². The van der Waals surface area contributed by atoms with E-state index in [0.717, 1.165) is 12.8 Å². The third-order valence-electron chi connectivity index (χ3n) is 3.16. The Hall–Kier alpha value is -0.460. The van der Waals surface area contributed by atoms with Crippen LogP contribution in [-0.4, -0.2) is 51.5 Å². The molecule has 2 rings (SSSR count). The van der Waals surface area contributed by atoms with Gasteiger partial charge in [0.2, 0.25) is 5.91 Å². The largest absolute Gasteiger partial charge is 0.392 e. The minimum absolute atomic E-state index is 0.0331. The van der Waals surface area contributed by atoms with Gasteiger partial charge in [0.05, 0.1) is 12.1 Å². The highest BCUT2D eigenvalue weighted by Gasteiger charge is 2.29. The van der Waals surface area contributed by atoms with Crippen molar-refractivity contribution in [3.8, 4) is 0 Å². The first-order chi connectivity index (χ1) is 7.65. The van der Waals surface area contributed by atoms with Crippen molar-refractivity contribution in [2.45, 2.75) is 37.5 Å². The number of β-amino-alcohol motifs (C(OH)–C–C–N with tert-alkyl or cyclic N) is 1. The number of hydrogen-bond acceptors (Lipinski definition) is 4. The lowest BCUT2D eigenvalue weighted by Gasteiger charge is -2.24. The Kier molecular flexibility index (Phi) is 3.94. The van der Waals surface area contributed by atoms with E-state index in [4.69, 9.17) is 0 Å². The van der Waals surface area contributed by atoms with E-state index in [0.29, 0.717) is 24.5 Å². The molecule has 16 heavy (non-hydrogen) atoms. The topological polar surface area (TPSA) is 78.4 Å². The molecule has 2 aliphatic heterocycles. The molecule has 92 valence electrons. The molecule has 0 spiro atoms. The highest BCUT2D eigenvalue weighted by molar-refractivity contribution is 7.85. The Labute approximate surface area is 97.4 Å². The summed E-state index contributed by atoms with van der Waals surface area (Å²) in [7, 11) is -0.690. The summed E-state index contributed by atoms with van der Waals surface area (Å²) in [5, 5.41) is 15.2. The number of nitrogens with one attached hydrogen (secondary N) is 2. The first kappa shape index (κ1) is 12.0. The lowest BCUT2D eigenvalue weighted by atomic mass is 10.1. The average Bonchev–Trinajstić information content (AvgIpc) is 2.68. The van der Waals surface area contributed by atoms with Crippen LogP contribution < -0.4 is 10.6 Å². The molecule has 2 fully saturated rings. The molecule has 0 aromatic carbocycles. The molecule has 1 amide bonds. The standard InChI is InChI=1S/C10H18N2O3S/c13-8-5-9(11-6-8)10(14)12-7-1-3-16(15)4-2-7/h7-9,11,13H,1-6H2,(H,12,14). The zero-order valence-electron chi connectivity index (χ0n) is 9.15. The van der Waals surface area contributed by atoms with Crippen molar-refractivity contribution in [2.24, 2.45) is 0 Å². The number of aliphatic hydroxyl groups is 1. The van der Waals surface area contributed by atoms with Crippen LogP contribution in [0.25, 0.3) is 0 Å². The molecule has 2 heterocycles. The van der Waals surface area contributed by atoms with E-state index in [1.807, 2.05) is 0 Å². The van der Waals surface area contributed by atoms with E-state index in [9.17, 15) is 14.1 Å². The van der Waals surface area contributed by atoms with E-state index in [1.54, 1.807) is 0 Å². The summed E-state index contributed by atoms with van der Waals surface area (Å²) in [6, 6.07) is -0.104. The molecule has 5 nitrogen and oxygen atoms in total. The normalized spacial score (nSPS) is 39.6. The second kappa shape index (κ2) is 5.25. The molecule has 0 radical (unpaired) electrons. The average molecular weight is 246 g/mol. The van der Waals surface area contributed by atoms with Crippen LogP contribution in [0.1, 0.15) is 19.3 Å². The Balaban J connectivity index is 1.77. The van der Waals surface area contributed by atoms with Crippen LogP contribution in [0, 0.1) is 0 Å². The minimum atomic E-state index is -0.690. The summed E-state index contributed by atoms with van der Waals surface area (Å²) >= 11 is 0. The number of rotatable bonds is 2. The van der Waals surface area contributed by atoms with Crippen molar-refractivity contribution < 1.29 is 14.1 Å². The van der Waals surface area contributed by atoms with Crippen LogP contribution in [0.15, 0.2) is 0 Å². The summed E-state index contributed by atoms with van der Waals surface area (Å²) in [5.41, 5.74) is 0. The number of aliphatic hydroxyl groups excluding tert-OH is 1. The highest BCUT2D eigenvalue weighted by Crippen LogP contribution is 2.11. The molecule has 6 heteroatoms. The van der Waals surface area contributed by atoms with E-state index in [1.165, 1.54) is 0 Å². The highest BCUT2D eigenvalue weighted by atomic mass is 32.2. The molecule has 0 bridgehead atoms. The van der Waals surface area contributed by atoms with Gasteiger partial charge >= 0.3 is 0 Å². The van der Waals surface area contributed by atoms with Crippen LogP contribution in [0.2, 0.25) is 0 Å². The molecular formula is C10H18N2O3S. The SMILES string of the molecule is O=C(NC1CCS(=O)CC1)C1CC(O)CN1. The summed E-state index contributed by atoms with van der Waals surface area (Å²) in [5.74, 6) is 1.34. The molecule has 0 aliphatic carbocycles. The number of hydrogen-bond donors (Lipinski definition) is 3. The fourth-order valence-electron chi connectivity index (χ4n) is 2.16. The summed E-state index contributed by atoms with van der Waals surface area (Å²) in [6.07, 6.45) is 1.68. The molecule has 2 atom stereocenters. The lowest BCUT2D eigenvalue weighted by molar-refractivity contribution is -0.123. The van der Waals surface area contributed by atoms with Crippen molar-refractivity contribution in [3.05, 3.63) is 0 Å². The van der Waals surface area contributed by atoms with Crippen molar-refractivity contribution >= 4 is 16.7 Å². The van der Waals surface area contributed by atoms with Crippen molar-refractivity contribution in [1.82, 2.24) is 10.6 Å². The predicted octanol–water partition coefficient (Wildman–Crippen LogP) is -1.26. The van der Waals surface area contributed by atoms with Crippen LogP contribution in [0.5, 0.6) is 0 Å². The maximum Gasteiger partial charge on any atom is 0.237 e. The van der Waals surface area contributed by atoms with E-state index < -0.39 is 16.9 Å². The monoisotopic (exact) mass is 246 g/mol. The van der Waals surface area contributed by atoms with E-state index >= 15 is 0 Å². The van der Waals surface area contributed by atoms with Gasteiger partial charge in [0.25, 0.3) is 0 Å². The molecule has 3 N–H and O–H groups in total. The maximum absolute atomic E-state index is 11.8. The zero-order chi connectivity index (χ0) is 11.5. The number of carbonyl (C=O) groups excluding carboxylic acids is 1. The fourth-order valence-corrected chi connectivity index (χ4v) is 3.46. The maximum atomic E-state index is 11.8. The summed E-state index contributed by atoms with van der Waals surface area (Å²) in [4.78, 5) is 11.8. The first-order valence-corrected chi connectivity index (χ1v) is 7.21. The van der Waals surface area contributed by atoms with Gasteiger partial charge < -0.3 is 15.7 Å². The van der Waals surface area contributed by atoms with Gasteiger partial charge in [0.1, 0.15) is 0 Å². The zero-order valence-corrected chi connectivity index (χ0v) is 9.96. The van der Waals surface area contributed by atoms with Crippen molar-refractivity contribution in [3.63, 3.8) is 0 Å². The molecule has 0 aromatic heterocycles. The molecule has 0 aromatic rings. The van der Waals surface area contributed by atoms with Gasteiger partial charge in [-0.2, -0.15) is 0 Å². The minimum Gasteiger partial charge on any atom is -0.392 e. The van der Waals surface area contributed by atoms with Gasteiger partial charge in [-0.3, -0.25) is 9.00 Å². The second-order valence-corrected chi connectivity index (χ2v) is 6.18. The van der Waals surface area contributed by atoms with E-state index in [2.05, 4.69) is 10.6 Å². The third-order valence-corrected chi connectivity index (χ3v) is 4.54. The number of carbonyl (C=O) groups is 1. The van der Waals surface area contributed by atoms with Crippen LogP contribution in [0.3, 0.4) is 0 Å². The number of amides is 1. The van der Waals surface area contributed by atoms with E-state index in [-0.39, 0.29) is 18.0 Å². The molecular weight excluding hydrogens is 228 g/mol. The molecule has 2 aliphatic rings. The van der Waals surface area contributed by atoms with Gasteiger partial charge in [-0.05, 0) is 19.3 Å². The van der Waals surface area contributed by atoms with Crippen LogP contribution >= 0.6 is 0 Å². The van der Waals surface area contributed by atoms with Crippen molar-refractivity contribution in [1.29, 1.82) is 0 Å². The summed E-state index contributed by atoms with van der Waals surface area (Å²) in [6.45, 7) is 0.493. The predicted molar refractivity (Wildman–Crippen MR) is 61.5 cm³/mol. The van der Waals surface area contributed by atoms with Crippen molar-refractivity contribution in [2.75, 3.05) is 18.1 Å². The summed E-state index contributed by atoms with van der Waals surface area (Å²) < 4.78 is 11.1. The Morgan fingerprint density at radius 3 is 2.62 bits per heavy atom. The second-order valence-electron chi connectivity index (χ2n) is 4.48. The smallest absolute Gasteiger partial charge is 0.237 e. The van der Waals surface area contributed by atoms with Gasteiger partial charge in [-0.25, -0.2) is 0 Å². The Morgan fingerprint density at radius 1 is 1.38 bits per heavy atom. The molecule has 2 saturated heterocycles. The first-order valence-electron chi connectivity index (χ1n) is 5.72. The fraction of sp³-hybridized carbons (Fsp3) is 0.900. The van der Waals surface area contributed by atoms with Gasteiger partial charge in [-0.1, -0.05) is 0 Å². The van der Waals surface area contributed by atoms with Gasteiger partial charge in [0.15, 0.2) is 0 Å². The van der Waals surface area contributed by atoms with Crippen LogP contribution in [0.4, 0.5) is 0 Å². The molecule has 0 saturated carbocycles. The van der Waals surface area contributed by atoms with Gasteiger partial charge in [0, 0.05) is 34.9 Å². The third kappa shape index (κ3) is 3.02. The quantitative estimate of drug-likeness (QED) is 0.568. The Morgan fingerprint density at radius 2 is 2.06 bits per heavy atom.